The monoisotopic (exact) mass is 954 g/mol. The molecule has 17 rings (SSSR count). The van der Waals surface area contributed by atoms with E-state index in [1.165, 1.54) is 65.3 Å². The molecule has 6 heteroatoms. The van der Waals surface area contributed by atoms with Crippen LogP contribution >= 0.6 is 0 Å². The number of rotatable bonds is 2. The molecular formula is C66H42O4Si2. The van der Waals surface area contributed by atoms with E-state index >= 15 is 0 Å². The Morgan fingerprint density at radius 1 is 0.264 bits per heavy atom. The lowest BCUT2D eigenvalue weighted by molar-refractivity contribution is 0.669. The maximum atomic E-state index is 7.22. The average Bonchev–Trinajstić information content (AvgIpc) is 4.25. The third-order valence-corrected chi connectivity index (χ3v) is 24.3. The number of benzene rings is 11. The molecule has 4 nitrogen and oxygen atoms in total. The number of fused-ring (bicyclic) bond motifs is 25. The summed E-state index contributed by atoms with van der Waals surface area (Å²) in [6.07, 6.45) is 0. The predicted octanol–water partition coefficient (Wildman–Crippen LogP) is 16.5. The van der Waals surface area contributed by atoms with E-state index in [0.29, 0.717) is 0 Å². The first-order chi connectivity index (χ1) is 35.2. The lowest BCUT2D eigenvalue weighted by Crippen LogP contribution is -2.63. The van der Waals surface area contributed by atoms with Crippen LogP contribution in [0.1, 0.15) is 0 Å². The van der Waals surface area contributed by atoms with Gasteiger partial charge in [0.1, 0.15) is 60.8 Å². The lowest BCUT2D eigenvalue weighted by Gasteiger charge is -2.28. The first-order valence-corrected chi connectivity index (χ1v) is 31.1. The first-order valence-electron chi connectivity index (χ1n) is 25.1. The van der Waals surface area contributed by atoms with E-state index in [1.54, 1.807) is 10.4 Å². The van der Waals surface area contributed by atoms with Gasteiger partial charge in [-0.2, -0.15) is 0 Å². The molecule has 0 N–H and O–H groups in total. The Bertz CT molecular complexity index is 4680. The van der Waals surface area contributed by atoms with Crippen molar-refractivity contribution < 1.29 is 17.7 Å². The van der Waals surface area contributed by atoms with E-state index in [1.807, 2.05) is 0 Å². The first kappa shape index (κ1) is 39.3. The molecule has 0 aliphatic carbocycles. The second kappa shape index (κ2) is 13.3. The van der Waals surface area contributed by atoms with Gasteiger partial charge in [0.05, 0.1) is 0 Å². The van der Waals surface area contributed by atoms with Crippen LogP contribution in [0.2, 0.25) is 26.2 Å². The summed E-state index contributed by atoms with van der Waals surface area (Å²) in [5.74, 6) is 0. The van der Waals surface area contributed by atoms with Gasteiger partial charge in [0.25, 0.3) is 0 Å². The van der Waals surface area contributed by atoms with Gasteiger partial charge in [-0.05, 0) is 112 Å². The highest BCUT2D eigenvalue weighted by molar-refractivity contribution is 7.13. The maximum absolute atomic E-state index is 7.22. The molecule has 11 aromatic carbocycles. The van der Waals surface area contributed by atoms with Crippen molar-refractivity contribution in [2.24, 2.45) is 0 Å². The molecular weight excluding hydrogens is 913 g/mol. The highest BCUT2D eigenvalue weighted by Crippen LogP contribution is 2.51. The van der Waals surface area contributed by atoms with Crippen LogP contribution < -0.4 is 20.7 Å². The molecule has 0 saturated carbocycles. The molecule has 0 spiro atoms. The summed E-state index contributed by atoms with van der Waals surface area (Å²) in [6, 6.07) is 66.4. The molecule has 2 aliphatic rings. The van der Waals surface area contributed by atoms with Gasteiger partial charge in [-0.15, -0.1) is 0 Å². The van der Waals surface area contributed by atoms with Crippen molar-refractivity contribution >= 4 is 146 Å². The third-order valence-electron chi connectivity index (χ3n) is 17.0. The van der Waals surface area contributed by atoms with Crippen LogP contribution in [0.3, 0.4) is 0 Å². The highest BCUT2D eigenvalue weighted by Gasteiger charge is 2.50. The van der Waals surface area contributed by atoms with E-state index in [2.05, 4.69) is 208 Å². The van der Waals surface area contributed by atoms with Crippen molar-refractivity contribution in [1.29, 1.82) is 0 Å². The van der Waals surface area contributed by atoms with Gasteiger partial charge in [0, 0.05) is 54.2 Å². The summed E-state index contributed by atoms with van der Waals surface area (Å²) in [7, 11) is -4.99. The molecule has 0 fully saturated rings. The fraction of sp³-hybridized carbons (Fsp3) is 0.0606. The quantitative estimate of drug-likeness (QED) is 0.162. The van der Waals surface area contributed by atoms with Crippen molar-refractivity contribution in [3.63, 3.8) is 0 Å². The summed E-state index contributed by atoms with van der Waals surface area (Å²) in [6.45, 7) is 10.3. The van der Waals surface area contributed by atoms with E-state index in [9.17, 15) is 0 Å². The van der Waals surface area contributed by atoms with Crippen LogP contribution in [0.4, 0.5) is 0 Å². The molecule has 72 heavy (non-hydrogen) atoms. The summed E-state index contributed by atoms with van der Waals surface area (Å²) in [5, 5.41) is 19.9. The fourth-order valence-electron chi connectivity index (χ4n) is 14.0. The largest absolute Gasteiger partial charge is 0.456 e. The second-order valence-corrected chi connectivity index (χ2v) is 29.9. The van der Waals surface area contributed by atoms with Crippen molar-refractivity contribution in [3.05, 3.63) is 182 Å². The van der Waals surface area contributed by atoms with Crippen molar-refractivity contribution in [2.45, 2.75) is 26.2 Å². The Balaban J connectivity index is 0.946. The zero-order valence-corrected chi connectivity index (χ0v) is 42.0. The smallest absolute Gasteiger partial charge is 0.143 e. The van der Waals surface area contributed by atoms with Crippen LogP contribution in [-0.2, 0) is 0 Å². The van der Waals surface area contributed by atoms with E-state index in [4.69, 9.17) is 17.7 Å². The van der Waals surface area contributed by atoms with Crippen LogP contribution in [-0.4, -0.2) is 16.1 Å². The Morgan fingerprint density at radius 3 is 0.972 bits per heavy atom. The Labute approximate surface area is 414 Å². The molecule has 0 atom stereocenters. The molecule has 0 bridgehead atoms. The molecule has 0 amide bonds. The summed E-state index contributed by atoms with van der Waals surface area (Å²) in [4.78, 5) is 0. The topological polar surface area (TPSA) is 52.6 Å². The van der Waals surface area contributed by atoms with Gasteiger partial charge >= 0.3 is 0 Å². The van der Waals surface area contributed by atoms with E-state index < -0.39 is 16.1 Å². The van der Waals surface area contributed by atoms with E-state index in [0.717, 1.165) is 98.9 Å². The van der Waals surface area contributed by atoms with Gasteiger partial charge in [-0.25, -0.2) is 0 Å². The molecule has 338 valence electrons. The zero-order chi connectivity index (χ0) is 47.5. The summed E-state index contributed by atoms with van der Waals surface area (Å²) in [5.41, 5.74) is 17.2. The summed E-state index contributed by atoms with van der Waals surface area (Å²) >= 11 is 0. The number of hydrogen-bond donors (Lipinski definition) is 0. The van der Waals surface area contributed by atoms with Crippen molar-refractivity contribution in [2.75, 3.05) is 0 Å². The molecule has 4 aromatic heterocycles. The van der Waals surface area contributed by atoms with Crippen LogP contribution in [0, 0.1) is 0 Å². The molecule has 15 aromatic rings. The average molecular weight is 955 g/mol. The predicted molar refractivity (Wildman–Crippen MR) is 306 cm³/mol. The molecule has 0 radical (unpaired) electrons. The van der Waals surface area contributed by atoms with Gasteiger partial charge < -0.3 is 17.7 Å². The minimum Gasteiger partial charge on any atom is -0.456 e. The van der Waals surface area contributed by atoms with Crippen LogP contribution in [0.5, 0.6) is 0 Å². The summed E-state index contributed by atoms with van der Waals surface area (Å²) < 4.78 is 27.8. The van der Waals surface area contributed by atoms with Gasteiger partial charge in [-0.1, -0.05) is 172 Å². The number of hydrogen-bond acceptors (Lipinski definition) is 4. The fourth-order valence-corrected chi connectivity index (χ4v) is 22.4. The third kappa shape index (κ3) is 4.73. The Morgan fingerprint density at radius 2 is 0.583 bits per heavy atom. The molecule has 2 aliphatic heterocycles. The standard InChI is InChI=1S/C66H42O4Si2/c1-71(2)55-33-47(45-31-53-57(37-19-7-5-17-35(37)45)39-21-9-13-25-49(39)67-53)59-41-23-11-15-27-51(41)69-63(59)61(55)43-29-30-44-62-56(72(3,4)66(44)65(43)71)34-48(60-42-24-12-16-28-52(42)70-64(60)62)46-32-54-58(38-20-8-6-18-36(38)46)40-22-10-14-26-50(40)68-54/h5-34H,1-4H3. The minimum absolute atomic E-state index is 0.899. The van der Waals surface area contributed by atoms with Crippen LogP contribution in [0.25, 0.3) is 154 Å². The SMILES string of the molecule is C[Si]1(C)c2cc(-c3cc4oc5ccccc5c4c4ccccc34)c3c(oc4ccccc43)c2-c2ccc3c(c21)[Si](C)(C)c1cc(-c2cc4oc5ccccc5c4c4ccccc24)c2c(oc4ccccc42)c1-3. The van der Waals surface area contributed by atoms with Gasteiger partial charge in [-0.3, -0.25) is 0 Å². The normalized spacial score (nSPS) is 14.6. The van der Waals surface area contributed by atoms with Crippen molar-refractivity contribution in [3.8, 4) is 44.5 Å². The molecule has 6 heterocycles. The van der Waals surface area contributed by atoms with E-state index in [-0.39, 0.29) is 0 Å². The Kier molecular flexibility index (Phi) is 7.26. The number of furan rings is 4. The maximum Gasteiger partial charge on any atom is 0.143 e. The number of para-hydroxylation sites is 4. The van der Waals surface area contributed by atoms with Crippen molar-refractivity contribution in [1.82, 2.24) is 0 Å². The second-order valence-electron chi connectivity index (χ2n) is 21.3. The van der Waals surface area contributed by atoms with Crippen LogP contribution in [0.15, 0.2) is 200 Å². The molecule has 0 saturated heterocycles. The van der Waals surface area contributed by atoms with Gasteiger partial charge in [0.2, 0.25) is 0 Å². The Hall–Kier alpha value is -8.43. The molecule has 0 unspecified atom stereocenters. The minimum atomic E-state index is -2.50. The van der Waals surface area contributed by atoms with Gasteiger partial charge in [0.15, 0.2) is 0 Å². The zero-order valence-electron chi connectivity index (χ0n) is 40.0. The lowest BCUT2D eigenvalue weighted by atomic mass is 9.89. The highest BCUT2D eigenvalue weighted by atomic mass is 28.3.